The Balaban J connectivity index is 4.05. The Morgan fingerprint density at radius 3 is 2.11 bits per heavy atom. The fourth-order valence-corrected chi connectivity index (χ4v) is 1.20. The summed E-state index contributed by atoms with van der Waals surface area (Å²) in [5.74, 6) is -3.43. The van der Waals surface area contributed by atoms with Crippen molar-refractivity contribution in [3.05, 3.63) is 12.2 Å². The van der Waals surface area contributed by atoms with Gasteiger partial charge in [0.15, 0.2) is 0 Å². The van der Waals surface area contributed by atoms with Crippen LogP contribution in [0.2, 0.25) is 0 Å². The van der Waals surface area contributed by atoms with Gasteiger partial charge in [-0.2, -0.15) is 0 Å². The van der Waals surface area contributed by atoms with Gasteiger partial charge in [-0.1, -0.05) is 6.58 Å². The predicted octanol–water partition coefficient (Wildman–Crippen LogP) is 2.03. The van der Waals surface area contributed by atoms with Crippen LogP contribution < -0.4 is 0 Å². The standard InChI is InChI=1S/C13H20O6/c1-9(2)12(17)19-13(3,4)18-11(16)8-6-5-7-10(14)15/h1,5-8H2,2-4H3,(H,14,15). The number of hydrogen-bond acceptors (Lipinski definition) is 5. The van der Waals surface area contributed by atoms with E-state index in [4.69, 9.17) is 14.6 Å². The van der Waals surface area contributed by atoms with Crippen LogP contribution in [0.25, 0.3) is 0 Å². The van der Waals surface area contributed by atoms with Crippen LogP contribution in [0.3, 0.4) is 0 Å². The number of rotatable bonds is 8. The van der Waals surface area contributed by atoms with E-state index < -0.39 is 23.7 Å². The zero-order valence-corrected chi connectivity index (χ0v) is 11.5. The van der Waals surface area contributed by atoms with E-state index in [-0.39, 0.29) is 18.4 Å². The molecule has 0 atom stereocenters. The summed E-state index contributed by atoms with van der Waals surface area (Å²) in [6.07, 6.45) is 0.911. The van der Waals surface area contributed by atoms with Crippen molar-refractivity contribution >= 4 is 17.9 Å². The maximum Gasteiger partial charge on any atom is 0.336 e. The van der Waals surface area contributed by atoms with Crippen molar-refractivity contribution in [3.8, 4) is 0 Å². The molecule has 0 saturated carbocycles. The number of carboxylic acids is 1. The highest BCUT2D eigenvalue weighted by Crippen LogP contribution is 2.15. The number of carbonyl (C=O) groups excluding carboxylic acids is 2. The van der Waals surface area contributed by atoms with Gasteiger partial charge in [-0.3, -0.25) is 9.59 Å². The van der Waals surface area contributed by atoms with Gasteiger partial charge in [0.1, 0.15) is 0 Å². The molecule has 0 spiro atoms. The van der Waals surface area contributed by atoms with Crippen molar-refractivity contribution in [2.45, 2.75) is 52.2 Å². The van der Waals surface area contributed by atoms with Gasteiger partial charge < -0.3 is 14.6 Å². The molecule has 108 valence electrons. The molecule has 0 fully saturated rings. The number of esters is 2. The Kier molecular flexibility index (Phi) is 6.82. The van der Waals surface area contributed by atoms with Gasteiger partial charge >= 0.3 is 17.9 Å². The highest BCUT2D eigenvalue weighted by atomic mass is 16.7. The third-order valence-corrected chi connectivity index (χ3v) is 2.07. The quantitative estimate of drug-likeness (QED) is 0.315. The summed E-state index contributed by atoms with van der Waals surface area (Å²) in [4.78, 5) is 33.0. The lowest BCUT2D eigenvalue weighted by atomic mass is 10.2. The first kappa shape index (κ1) is 17.2. The summed E-state index contributed by atoms with van der Waals surface area (Å²) in [6.45, 7) is 7.81. The third kappa shape index (κ3) is 8.82. The number of carboxylic acid groups (broad SMARTS) is 1. The molecule has 0 saturated heterocycles. The van der Waals surface area contributed by atoms with E-state index in [1.807, 2.05) is 0 Å². The van der Waals surface area contributed by atoms with E-state index in [9.17, 15) is 14.4 Å². The summed E-state index contributed by atoms with van der Waals surface area (Å²) in [5.41, 5.74) is 0.214. The number of aliphatic carboxylic acids is 1. The molecule has 0 heterocycles. The number of ether oxygens (including phenoxy) is 2. The molecule has 0 amide bonds. The lowest BCUT2D eigenvalue weighted by Crippen LogP contribution is -2.34. The lowest BCUT2D eigenvalue weighted by molar-refractivity contribution is -0.213. The van der Waals surface area contributed by atoms with Crippen LogP contribution in [-0.4, -0.2) is 28.8 Å². The summed E-state index contributed by atoms with van der Waals surface area (Å²) in [6, 6.07) is 0. The molecule has 0 aliphatic heterocycles. The molecule has 0 bridgehead atoms. The van der Waals surface area contributed by atoms with E-state index in [0.717, 1.165) is 0 Å². The van der Waals surface area contributed by atoms with Crippen LogP contribution in [0.1, 0.15) is 46.5 Å². The predicted molar refractivity (Wildman–Crippen MR) is 67.2 cm³/mol. The van der Waals surface area contributed by atoms with Gasteiger partial charge in [-0.15, -0.1) is 0 Å². The first-order valence-electron chi connectivity index (χ1n) is 5.96. The Labute approximate surface area is 112 Å². The van der Waals surface area contributed by atoms with Crippen molar-refractivity contribution < 1.29 is 29.0 Å². The maximum absolute atomic E-state index is 11.5. The van der Waals surface area contributed by atoms with Crippen LogP contribution in [-0.2, 0) is 23.9 Å². The minimum Gasteiger partial charge on any atom is -0.481 e. The summed E-state index contributed by atoms with van der Waals surface area (Å²) < 4.78 is 9.93. The molecule has 0 radical (unpaired) electrons. The minimum atomic E-state index is -1.36. The highest BCUT2D eigenvalue weighted by Gasteiger charge is 2.27. The molecular weight excluding hydrogens is 252 g/mol. The zero-order chi connectivity index (χ0) is 15.1. The molecule has 0 aliphatic carbocycles. The SMILES string of the molecule is C=C(C)C(=O)OC(C)(C)OC(=O)CCCCC(=O)O. The smallest absolute Gasteiger partial charge is 0.336 e. The Bertz CT molecular complexity index is 369. The second-order valence-corrected chi connectivity index (χ2v) is 4.64. The molecule has 1 N–H and O–H groups in total. The molecular formula is C13H20O6. The second kappa shape index (κ2) is 7.56. The first-order chi connectivity index (χ1) is 8.64. The van der Waals surface area contributed by atoms with Gasteiger partial charge in [0.2, 0.25) is 0 Å². The van der Waals surface area contributed by atoms with Gasteiger partial charge in [-0.25, -0.2) is 4.79 Å². The topological polar surface area (TPSA) is 89.9 Å². The largest absolute Gasteiger partial charge is 0.481 e. The molecule has 0 aromatic carbocycles. The van der Waals surface area contributed by atoms with Gasteiger partial charge in [0.05, 0.1) is 0 Å². The third-order valence-electron chi connectivity index (χ3n) is 2.07. The molecule has 0 aromatic rings. The monoisotopic (exact) mass is 272 g/mol. The summed E-state index contributed by atoms with van der Waals surface area (Å²) >= 11 is 0. The van der Waals surface area contributed by atoms with E-state index >= 15 is 0 Å². The van der Waals surface area contributed by atoms with E-state index in [1.54, 1.807) is 0 Å². The average Bonchev–Trinajstić information content (AvgIpc) is 2.22. The summed E-state index contributed by atoms with van der Waals surface area (Å²) in [7, 11) is 0. The van der Waals surface area contributed by atoms with Gasteiger partial charge in [0.25, 0.3) is 5.79 Å². The van der Waals surface area contributed by atoms with Crippen LogP contribution in [0.5, 0.6) is 0 Å². The Morgan fingerprint density at radius 1 is 1.11 bits per heavy atom. The van der Waals surface area contributed by atoms with Crippen molar-refractivity contribution in [1.82, 2.24) is 0 Å². The van der Waals surface area contributed by atoms with Crippen molar-refractivity contribution in [1.29, 1.82) is 0 Å². The lowest BCUT2D eigenvalue weighted by Gasteiger charge is -2.25. The Morgan fingerprint density at radius 2 is 1.63 bits per heavy atom. The van der Waals surface area contributed by atoms with Gasteiger partial charge in [0, 0.05) is 32.3 Å². The normalized spacial score (nSPS) is 10.7. The molecule has 19 heavy (non-hydrogen) atoms. The van der Waals surface area contributed by atoms with Crippen molar-refractivity contribution in [2.24, 2.45) is 0 Å². The fraction of sp³-hybridized carbons (Fsp3) is 0.615. The Hall–Kier alpha value is -1.85. The average molecular weight is 272 g/mol. The van der Waals surface area contributed by atoms with E-state index in [2.05, 4.69) is 6.58 Å². The molecule has 0 unspecified atom stereocenters. The molecule has 0 aliphatic rings. The zero-order valence-electron chi connectivity index (χ0n) is 11.5. The summed E-state index contributed by atoms with van der Waals surface area (Å²) in [5, 5.41) is 8.43. The number of hydrogen-bond donors (Lipinski definition) is 1. The number of carbonyl (C=O) groups is 3. The van der Waals surface area contributed by atoms with Crippen LogP contribution in [0, 0.1) is 0 Å². The number of unbranched alkanes of at least 4 members (excludes halogenated alkanes) is 1. The van der Waals surface area contributed by atoms with Crippen molar-refractivity contribution in [2.75, 3.05) is 0 Å². The van der Waals surface area contributed by atoms with Gasteiger partial charge in [-0.05, 0) is 19.8 Å². The minimum absolute atomic E-state index is 0.0152. The van der Waals surface area contributed by atoms with E-state index in [0.29, 0.717) is 12.8 Å². The second-order valence-electron chi connectivity index (χ2n) is 4.64. The fourth-order valence-electron chi connectivity index (χ4n) is 1.20. The van der Waals surface area contributed by atoms with Crippen LogP contribution >= 0.6 is 0 Å². The highest BCUT2D eigenvalue weighted by molar-refractivity contribution is 5.87. The van der Waals surface area contributed by atoms with E-state index in [1.165, 1.54) is 20.8 Å². The molecule has 6 nitrogen and oxygen atoms in total. The molecule has 0 aromatic heterocycles. The molecule has 0 rings (SSSR count). The molecule has 6 heteroatoms. The maximum atomic E-state index is 11.5. The van der Waals surface area contributed by atoms with Crippen LogP contribution in [0.15, 0.2) is 12.2 Å². The van der Waals surface area contributed by atoms with Crippen LogP contribution in [0.4, 0.5) is 0 Å². The first-order valence-corrected chi connectivity index (χ1v) is 5.96. The van der Waals surface area contributed by atoms with Crippen molar-refractivity contribution in [3.63, 3.8) is 0 Å².